The van der Waals surface area contributed by atoms with Crippen LogP contribution in [-0.2, 0) is 0 Å². The molecule has 0 saturated carbocycles. The van der Waals surface area contributed by atoms with E-state index in [1.807, 2.05) is 0 Å². The van der Waals surface area contributed by atoms with Gasteiger partial charge in [0.15, 0.2) is 0 Å². The Labute approximate surface area is 81.3 Å². The van der Waals surface area contributed by atoms with Gasteiger partial charge in [0.25, 0.3) is 0 Å². The lowest BCUT2D eigenvalue weighted by atomic mass is 10.2. The SMILES string of the molecule is Cc1cc([N+](=O)[O-])nn1C(C)C(C)O. The Morgan fingerprint density at radius 3 is 2.57 bits per heavy atom. The molecule has 6 heteroatoms. The van der Waals surface area contributed by atoms with E-state index in [0.29, 0.717) is 5.69 Å². The van der Waals surface area contributed by atoms with Gasteiger partial charge >= 0.3 is 5.82 Å². The lowest BCUT2D eigenvalue weighted by Crippen LogP contribution is -2.20. The molecular weight excluding hydrogens is 186 g/mol. The number of hydrogen-bond donors (Lipinski definition) is 1. The number of hydrogen-bond acceptors (Lipinski definition) is 4. The second kappa shape index (κ2) is 3.75. The van der Waals surface area contributed by atoms with Crippen molar-refractivity contribution < 1.29 is 10.0 Å². The van der Waals surface area contributed by atoms with E-state index >= 15 is 0 Å². The van der Waals surface area contributed by atoms with E-state index in [2.05, 4.69) is 5.10 Å². The molecule has 78 valence electrons. The van der Waals surface area contributed by atoms with Crippen molar-refractivity contribution in [3.63, 3.8) is 0 Å². The van der Waals surface area contributed by atoms with Gasteiger partial charge in [0.05, 0.1) is 29.0 Å². The predicted molar refractivity (Wildman–Crippen MR) is 50.0 cm³/mol. The van der Waals surface area contributed by atoms with Gasteiger partial charge in [0, 0.05) is 0 Å². The van der Waals surface area contributed by atoms with Crippen LogP contribution < -0.4 is 0 Å². The summed E-state index contributed by atoms with van der Waals surface area (Å²) in [5.74, 6) is -0.185. The largest absolute Gasteiger partial charge is 0.391 e. The third-order valence-electron chi connectivity index (χ3n) is 2.18. The van der Waals surface area contributed by atoms with Crippen LogP contribution in [0.1, 0.15) is 25.6 Å². The summed E-state index contributed by atoms with van der Waals surface area (Å²) in [7, 11) is 0. The van der Waals surface area contributed by atoms with Gasteiger partial charge in [-0.1, -0.05) is 0 Å². The van der Waals surface area contributed by atoms with E-state index in [1.54, 1.807) is 20.8 Å². The van der Waals surface area contributed by atoms with Gasteiger partial charge in [0.2, 0.25) is 0 Å². The Kier molecular flexibility index (Phi) is 2.85. The normalized spacial score (nSPS) is 15.1. The Balaban J connectivity index is 3.04. The van der Waals surface area contributed by atoms with Crippen LogP contribution >= 0.6 is 0 Å². The molecule has 2 atom stereocenters. The van der Waals surface area contributed by atoms with Crippen molar-refractivity contribution in [2.24, 2.45) is 0 Å². The summed E-state index contributed by atoms with van der Waals surface area (Å²) < 4.78 is 1.46. The lowest BCUT2D eigenvalue weighted by molar-refractivity contribution is -0.389. The van der Waals surface area contributed by atoms with Gasteiger partial charge < -0.3 is 15.2 Å². The third-order valence-corrected chi connectivity index (χ3v) is 2.18. The average molecular weight is 199 g/mol. The number of aryl methyl sites for hydroxylation is 1. The predicted octanol–water partition coefficient (Wildman–Crippen LogP) is 1.04. The van der Waals surface area contributed by atoms with Gasteiger partial charge in [-0.05, 0) is 25.7 Å². The van der Waals surface area contributed by atoms with E-state index < -0.39 is 11.0 Å². The van der Waals surface area contributed by atoms with Crippen LogP contribution in [0, 0.1) is 17.0 Å². The van der Waals surface area contributed by atoms with Crippen molar-refractivity contribution in [3.8, 4) is 0 Å². The van der Waals surface area contributed by atoms with Crippen LogP contribution in [0.25, 0.3) is 0 Å². The lowest BCUT2D eigenvalue weighted by Gasteiger charge is -2.12. The molecule has 0 bridgehead atoms. The third kappa shape index (κ3) is 1.90. The van der Waals surface area contributed by atoms with Crippen molar-refractivity contribution in [2.75, 3.05) is 0 Å². The molecule has 0 aliphatic carbocycles. The number of aromatic nitrogens is 2. The van der Waals surface area contributed by atoms with Crippen molar-refractivity contribution in [1.29, 1.82) is 0 Å². The van der Waals surface area contributed by atoms with Crippen LogP contribution in [0.15, 0.2) is 6.07 Å². The van der Waals surface area contributed by atoms with Gasteiger partial charge in [-0.3, -0.25) is 0 Å². The molecule has 14 heavy (non-hydrogen) atoms. The Morgan fingerprint density at radius 2 is 2.21 bits per heavy atom. The molecule has 1 aromatic heterocycles. The highest BCUT2D eigenvalue weighted by atomic mass is 16.6. The first kappa shape index (κ1) is 10.6. The maximum atomic E-state index is 10.4. The van der Waals surface area contributed by atoms with Crippen LogP contribution in [0.5, 0.6) is 0 Å². The fourth-order valence-electron chi connectivity index (χ4n) is 1.18. The minimum absolute atomic E-state index is 0.185. The molecule has 0 saturated heterocycles. The molecule has 0 aliphatic heterocycles. The van der Waals surface area contributed by atoms with E-state index in [0.717, 1.165) is 0 Å². The Hall–Kier alpha value is -1.43. The molecule has 2 unspecified atom stereocenters. The van der Waals surface area contributed by atoms with Gasteiger partial charge in [0.1, 0.15) is 0 Å². The zero-order chi connectivity index (χ0) is 10.9. The maximum Gasteiger partial charge on any atom is 0.390 e. The molecule has 1 heterocycles. The molecule has 0 aromatic carbocycles. The first-order valence-corrected chi connectivity index (χ1v) is 4.32. The summed E-state index contributed by atoms with van der Waals surface area (Å²) in [5, 5.41) is 23.5. The highest BCUT2D eigenvalue weighted by Gasteiger charge is 2.22. The Bertz CT molecular complexity index is 346. The number of nitro groups is 1. The quantitative estimate of drug-likeness (QED) is 0.582. The summed E-state index contributed by atoms with van der Waals surface area (Å²) in [5.41, 5.74) is 0.671. The molecular formula is C8H13N3O3. The van der Waals surface area contributed by atoms with Crippen LogP contribution in [0.3, 0.4) is 0 Å². The van der Waals surface area contributed by atoms with Gasteiger partial charge in [-0.25, -0.2) is 0 Å². The van der Waals surface area contributed by atoms with Crippen molar-refractivity contribution in [1.82, 2.24) is 9.78 Å². The summed E-state index contributed by atoms with van der Waals surface area (Å²) >= 11 is 0. The zero-order valence-electron chi connectivity index (χ0n) is 8.34. The van der Waals surface area contributed by atoms with E-state index in [4.69, 9.17) is 0 Å². The van der Waals surface area contributed by atoms with Crippen LogP contribution in [-0.4, -0.2) is 25.9 Å². The summed E-state index contributed by atoms with van der Waals surface area (Å²) in [6, 6.07) is 1.13. The summed E-state index contributed by atoms with van der Waals surface area (Å²) in [6.45, 7) is 5.10. The second-order valence-corrected chi connectivity index (χ2v) is 3.33. The van der Waals surface area contributed by atoms with Crippen molar-refractivity contribution in [2.45, 2.75) is 32.9 Å². The fourth-order valence-corrected chi connectivity index (χ4v) is 1.18. The topological polar surface area (TPSA) is 81.2 Å². The highest BCUT2D eigenvalue weighted by Crippen LogP contribution is 2.17. The van der Waals surface area contributed by atoms with Gasteiger partial charge in [-0.2, -0.15) is 4.68 Å². The molecule has 0 amide bonds. The number of rotatable bonds is 3. The molecule has 1 rings (SSSR count). The minimum Gasteiger partial charge on any atom is -0.391 e. The molecule has 0 aliphatic rings. The van der Waals surface area contributed by atoms with E-state index in [1.165, 1.54) is 10.7 Å². The fraction of sp³-hybridized carbons (Fsp3) is 0.625. The van der Waals surface area contributed by atoms with Crippen molar-refractivity contribution >= 4 is 5.82 Å². The molecule has 1 N–H and O–H groups in total. The maximum absolute atomic E-state index is 10.4. The highest BCUT2D eigenvalue weighted by molar-refractivity contribution is 5.21. The van der Waals surface area contributed by atoms with E-state index in [9.17, 15) is 15.2 Å². The summed E-state index contributed by atoms with van der Waals surface area (Å²) in [6.07, 6.45) is -0.590. The molecule has 0 radical (unpaired) electrons. The molecule has 6 nitrogen and oxygen atoms in total. The standard InChI is InChI=1S/C8H13N3O3/c1-5-4-8(11(13)14)9-10(5)6(2)7(3)12/h4,6-7,12H,1-3H3. The minimum atomic E-state index is -0.590. The monoisotopic (exact) mass is 199 g/mol. The van der Waals surface area contributed by atoms with Gasteiger partial charge in [-0.15, -0.1) is 0 Å². The van der Waals surface area contributed by atoms with Crippen LogP contribution in [0.4, 0.5) is 5.82 Å². The molecule has 0 spiro atoms. The number of aliphatic hydroxyl groups excluding tert-OH is 1. The second-order valence-electron chi connectivity index (χ2n) is 3.33. The number of aliphatic hydroxyl groups is 1. The molecule has 0 fully saturated rings. The van der Waals surface area contributed by atoms with E-state index in [-0.39, 0.29) is 11.9 Å². The average Bonchev–Trinajstić information content (AvgIpc) is 2.46. The first-order valence-electron chi connectivity index (χ1n) is 4.32. The summed E-state index contributed by atoms with van der Waals surface area (Å²) in [4.78, 5) is 9.88. The Morgan fingerprint density at radius 1 is 1.64 bits per heavy atom. The smallest absolute Gasteiger partial charge is 0.390 e. The first-order chi connectivity index (χ1) is 6.43. The van der Waals surface area contributed by atoms with Crippen LogP contribution in [0.2, 0.25) is 0 Å². The molecule has 1 aromatic rings. The number of nitrogens with zero attached hydrogens (tertiary/aromatic N) is 3. The van der Waals surface area contributed by atoms with Crippen molar-refractivity contribution in [3.05, 3.63) is 21.9 Å². The zero-order valence-corrected chi connectivity index (χ0v) is 8.34.